The second kappa shape index (κ2) is 5.60. The van der Waals surface area contributed by atoms with Gasteiger partial charge in [0.05, 0.1) is 11.8 Å². The molecule has 0 spiro atoms. The number of sulfone groups is 1. The Balaban J connectivity index is 2.40. The van der Waals surface area contributed by atoms with Crippen molar-refractivity contribution < 1.29 is 13.2 Å². The lowest BCUT2D eigenvalue weighted by atomic mass is 10.2. The van der Waals surface area contributed by atoms with Gasteiger partial charge in [0, 0.05) is 39.5 Å². The molecule has 7 heteroatoms. The van der Waals surface area contributed by atoms with Crippen molar-refractivity contribution in [3.05, 3.63) is 0 Å². The molecule has 0 saturated carbocycles. The van der Waals surface area contributed by atoms with Gasteiger partial charge < -0.3 is 15.5 Å². The maximum atomic E-state index is 11.8. The highest BCUT2D eigenvalue weighted by Gasteiger charge is 2.23. The van der Waals surface area contributed by atoms with Crippen LogP contribution in [-0.4, -0.2) is 70.5 Å². The maximum absolute atomic E-state index is 11.8. The predicted molar refractivity (Wildman–Crippen MR) is 62.0 cm³/mol. The van der Waals surface area contributed by atoms with Crippen LogP contribution in [-0.2, 0) is 14.6 Å². The highest BCUT2D eigenvalue weighted by atomic mass is 32.2. The van der Waals surface area contributed by atoms with Crippen LogP contribution in [0.4, 0.5) is 0 Å². The molecule has 0 aromatic rings. The number of piperazine rings is 1. The minimum Gasteiger partial charge on any atom is -0.343 e. The molecular formula is C9H19N3O3S. The Labute approximate surface area is 96.3 Å². The molecule has 16 heavy (non-hydrogen) atoms. The zero-order chi connectivity index (χ0) is 12.2. The van der Waals surface area contributed by atoms with E-state index in [0.29, 0.717) is 6.54 Å². The van der Waals surface area contributed by atoms with Crippen LogP contribution in [0, 0.1) is 0 Å². The topological polar surface area (TPSA) is 78.5 Å². The number of nitrogens with one attached hydrogen (secondary N) is 2. The van der Waals surface area contributed by atoms with Crippen molar-refractivity contribution >= 4 is 15.7 Å². The predicted octanol–water partition coefficient (Wildman–Crippen LogP) is -1.95. The summed E-state index contributed by atoms with van der Waals surface area (Å²) >= 11 is 0. The Hall–Kier alpha value is -0.660. The minimum absolute atomic E-state index is 0.00931. The van der Waals surface area contributed by atoms with Gasteiger partial charge in [0.1, 0.15) is 9.84 Å². The molecule has 0 aromatic carbocycles. The largest absolute Gasteiger partial charge is 0.343 e. The summed E-state index contributed by atoms with van der Waals surface area (Å²) in [7, 11) is -1.38. The molecule has 1 unspecified atom stereocenters. The molecule has 0 aromatic heterocycles. The van der Waals surface area contributed by atoms with E-state index >= 15 is 0 Å². The number of likely N-dealkylation sites (N-methyl/N-ethyl adjacent to an activating group) is 1. The average Bonchev–Trinajstić information content (AvgIpc) is 2.25. The molecule has 1 amide bonds. The number of rotatable bonds is 4. The van der Waals surface area contributed by atoms with Crippen LogP contribution in [0.15, 0.2) is 0 Å². The molecule has 1 rings (SSSR count). The van der Waals surface area contributed by atoms with Crippen LogP contribution in [0.1, 0.15) is 0 Å². The van der Waals surface area contributed by atoms with E-state index in [4.69, 9.17) is 0 Å². The van der Waals surface area contributed by atoms with E-state index in [1.54, 1.807) is 7.05 Å². The van der Waals surface area contributed by atoms with Gasteiger partial charge in [-0.15, -0.1) is 0 Å². The Morgan fingerprint density at radius 2 is 2.12 bits per heavy atom. The number of nitrogens with zero attached hydrogens (tertiary/aromatic N) is 1. The van der Waals surface area contributed by atoms with E-state index in [2.05, 4.69) is 10.6 Å². The molecule has 1 heterocycles. The highest BCUT2D eigenvalue weighted by Crippen LogP contribution is 1.96. The minimum atomic E-state index is -3.01. The van der Waals surface area contributed by atoms with E-state index in [-0.39, 0.29) is 24.2 Å². The van der Waals surface area contributed by atoms with Gasteiger partial charge in [0.25, 0.3) is 0 Å². The van der Waals surface area contributed by atoms with E-state index in [1.165, 1.54) is 11.2 Å². The zero-order valence-corrected chi connectivity index (χ0v) is 10.5. The van der Waals surface area contributed by atoms with Crippen LogP contribution in [0.5, 0.6) is 0 Å². The second-order valence-corrected chi connectivity index (χ2v) is 6.36. The van der Waals surface area contributed by atoms with Gasteiger partial charge in [-0.3, -0.25) is 4.79 Å². The molecule has 1 fully saturated rings. The summed E-state index contributed by atoms with van der Waals surface area (Å²) in [5.74, 6) is -0.0501. The van der Waals surface area contributed by atoms with Gasteiger partial charge in [-0.1, -0.05) is 0 Å². The molecule has 1 aliphatic heterocycles. The lowest BCUT2D eigenvalue weighted by Gasteiger charge is -2.27. The first-order valence-corrected chi connectivity index (χ1v) is 7.33. The number of amides is 1. The molecule has 1 saturated heterocycles. The molecule has 94 valence electrons. The quantitative estimate of drug-likeness (QED) is 0.605. The summed E-state index contributed by atoms with van der Waals surface area (Å²) in [6, 6.07) is -0.238. The van der Waals surface area contributed by atoms with E-state index in [1.807, 2.05) is 0 Å². The second-order valence-electron chi connectivity index (χ2n) is 4.10. The molecule has 1 aliphatic rings. The molecule has 1 atom stereocenters. The summed E-state index contributed by atoms with van der Waals surface area (Å²) in [6.07, 6.45) is 1.17. The van der Waals surface area contributed by atoms with Crippen molar-refractivity contribution in [2.24, 2.45) is 0 Å². The fourth-order valence-corrected chi connectivity index (χ4v) is 2.11. The van der Waals surface area contributed by atoms with Crippen LogP contribution in [0.3, 0.4) is 0 Å². The van der Waals surface area contributed by atoms with Crippen LogP contribution >= 0.6 is 0 Å². The molecule has 0 radical (unpaired) electrons. The number of hydrogen-bond acceptors (Lipinski definition) is 5. The molecular weight excluding hydrogens is 230 g/mol. The number of carbonyl (C=O) groups excluding carboxylic acids is 1. The summed E-state index contributed by atoms with van der Waals surface area (Å²) < 4.78 is 21.9. The summed E-state index contributed by atoms with van der Waals surface area (Å²) in [6.45, 7) is 2.46. The third-order valence-corrected chi connectivity index (χ3v) is 3.44. The Kier molecular flexibility index (Phi) is 4.69. The van der Waals surface area contributed by atoms with Crippen molar-refractivity contribution in [3.8, 4) is 0 Å². The van der Waals surface area contributed by atoms with E-state index < -0.39 is 9.84 Å². The van der Waals surface area contributed by atoms with Crippen LogP contribution < -0.4 is 10.6 Å². The van der Waals surface area contributed by atoms with Crippen LogP contribution in [0.2, 0.25) is 0 Å². The van der Waals surface area contributed by atoms with Gasteiger partial charge >= 0.3 is 0 Å². The van der Waals surface area contributed by atoms with E-state index in [0.717, 1.165) is 13.1 Å². The fraction of sp³-hybridized carbons (Fsp3) is 0.889. The highest BCUT2D eigenvalue weighted by molar-refractivity contribution is 7.90. The number of hydrogen-bond donors (Lipinski definition) is 2. The molecule has 2 N–H and O–H groups in total. The Bertz CT molecular complexity index is 336. The van der Waals surface area contributed by atoms with Gasteiger partial charge in [0.2, 0.25) is 5.91 Å². The van der Waals surface area contributed by atoms with Crippen LogP contribution in [0.25, 0.3) is 0 Å². The van der Waals surface area contributed by atoms with Crippen molar-refractivity contribution in [3.63, 3.8) is 0 Å². The zero-order valence-electron chi connectivity index (χ0n) is 9.69. The molecule has 6 nitrogen and oxygen atoms in total. The Morgan fingerprint density at radius 3 is 2.62 bits per heavy atom. The third kappa shape index (κ3) is 4.46. The normalized spacial score (nSPS) is 21.8. The smallest absolute Gasteiger partial charge is 0.240 e. The lowest BCUT2D eigenvalue weighted by molar-refractivity contribution is -0.132. The fourth-order valence-electron chi connectivity index (χ4n) is 1.51. The lowest BCUT2D eigenvalue weighted by Crippen LogP contribution is -2.56. The first-order chi connectivity index (χ1) is 7.40. The Morgan fingerprint density at radius 1 is 1.44 bits per heavy atom. The van der Waals surface area contributed by atoms with Crippen molar-refractivity contribution in [2.45, 2.75) is 6.04 Å². The van der Waals surface area contributed by atoms with Crippen molar-refractivity contribution in [2.75, 3.05) is 45.2 Å². The third-order valence-electron chi connectivity index (χ3n) is 2.51. The van der Waals surface area contributed by atoms with E-state index in [9.17, 15) is 13.2 Å². The number of carbonyl (C=O) groups is 1. The SMILES string of the molecule is CN(CCS(C)(=O)=O)C(=O)C1CNCCN1. The first-order valence-electron chi connectivity index (χ1n) is 5.27. The van der Waals surface area contributed by atoms with Crippen molar-refractivity contribution in [1.82, 2.24) is 15.5 Å². The van der Waals surface area contributed by atoms with Gasteiger partial charge in [-0.2, -0.15) is 0 Å². The monoisotopic (exact) mass is 249 g/mol. The van der Waals surface area contributed by atoms with Gasteiger partial charge in [0.15, 0.2) is 0 Å². The molecule has 0 aliphatic carbocycles. The van der Waals surface area contributed by atoms with Crippen molar-refractivity contribution in [1.29, 1.82) is 0 Å². The standard InChI is InChI=1S/C9H19N3O3S/c1-12(5-6-16(2,14)15)9(13)8-7-10-3-4-11-8/h8,10-11H,3-7H2,1-2H3. The summed E-state index contributed by atoms with van der Waals surface area (Å²) in [4.78, 5) is 13.3. The van der Waals surface area contributed by atoms with Gasteiger partial charge in [-0.05, 0) is 0 Å². The average molecular weight is 249 g/mol. The summed E-state index contributed by atoms with van der Waals surface area (Å²) in [5.41, 5.74) is 0. The molecule has 0 bridgehead atoms. The summed E-state index contributed by atoms with van der Waals surface area (Å²) in [5, 5.41) is 6.21. The first kappa shape index (κ1) is 13.4. The maximum Gasteiger partial charge on any atom is 0.240 e. The van der Waals surface area contributed by atoms with Gasteiger partial charge in [-0.25, -0.2) is 8.42 Å².